The minimum absolute atomic E-state index is 0.915. The molecular formula is C144H84O2S4. The Kier molecular flexibility index (Phi) is 19.9. The normalized spacial score (nSPS) is 12.0. The summed E-state index contributed by atoms with van der Waals surface area (Å²) in [6, 6.07) is 188. The second-order valence-corrected chi connectivity index (χ2v) is 44.0. The van der Waals surface area contributed by atoms with Crippen molar-refractivity contribution >= 4 is 170 Å². The molecule has 696 valence electrons. The van der Waals surface area contributed by atoms with E-state index in [2.05, 4.69) is 491 Å². The first-order chi connectivity index (χ1) is 74.3. The third kappa shape index (κ3) is 14.1. The lowest BCUT2D eigenvalue weighted by Crippen LogP contribution is -1.98. The molecular weight excluding hydrogens is 1890 g/mol. The Hall–Kier alpha value is -18.2. The maximum absolute atomic E-state index is 6.52. The first-order valence-electron chi connectivity index (χ1n) is 51.2. The third-order valence-corrected chi connectivity index (χ3v) is 36.0. The van der Waals surface area contributed by atoms with Gasteiger partial charge < -0.3 is 8.83 Å². The van der Waals surface area contributed by atoms with Crippen molar-refractivity contribution in [1.82, 2.24) is 0 Å². The van der Waals surface area contributed by atoms with Crippen molar-refractivity contribution in [2.24, 2.45) is 0 Å². The molecule has 33 rings (SSSR count). The first-order valence-corrected chi connectivity index (χ1v) is 54.5. The highest BCUT2D eigenvalue weighted by Gasteiger charge is 2.30. The summed E-state index contributed by atoms with van der Waals surface area (Å²) in [6.07, 6.45) is 0. The minimum atomic E-state index is 0.915. The van der Waals surface area contributed by atoms with Gasteiger partial charge in [0.25, 0.3) is 0 Å². The van der Waals surface area contributed by atoms with Crippen molar-refractivity contribution in [3.05, 3.63) is 510 Å². The van der Waals surface area contributed by atoms with Crippen LogP contribution in [0.2, 0.25) is 0 Å². The monoisotopic (exact) mass is 1970 g/mol. The maximum Gasteiger partial charge on any atom is 0.143 e. The van der Waals surface area contributed by atoms with Gasteiger partial charge in [0.05, 0.1) is 0 Å². The number of hydrogen-bond donors (Lipinski definition) is 0. The van der Waals surface area contributed by atoms with Crippen LogP contribution in [0, 0.1) is 0 Å². The summed E-state index contributed by atoms with van der Waals surface area (Å²) in [5.41, 5.74) is 48.2. The van der Waals surface area contributed by atoms with Gasteiger partial charge in [-0.25, -0.2) is 0 Å². The fraction of sp³-hybridized carbons (Fsp3) is 0. The van der Waals surface area contributed by atoms with E-state index in [1.165, 1.54) is 270 Å². The summed E-state index contributed by atoms with van der Waals surface area (Å²) in [7, 11) is 0. The van der Waals surface area contributed by atoms with Gasteiger partial charge in [0.2, 0.25) is 0 Å². The number of hydrogen-bond acceptors (Lipinski definition) is 6. The zero-order chi connectivity index (χ0) is 98.3. The molecule has 3 aliphatic rings. The lowest BCUT2D eigenvalue weighted by Gasteiger charge is -2.24. The summed E-state index contributed by atoms with van der Waals surface area (Å²) in [6.45, 7) is 0. The molecule has 3 aliphatic carbocycles. The molecule has 6 heteroatoms. The predicted molar refractivity (Wildman–Crippen MR) is 644 cm³/mol. The van der Waals surface area contributed by atoms with Crippen LogP contribution < -0.4 is 0 Å². The van der Waals surface area contributed by atoms with Gasteiger partial charge in [-0.15, -0.1) is 45.3 Å². The highest BCUT2D eigenvalue weighted by atomic mass is 32.1. The largest absolute Gasteiger partial charge is 0.456 e. The molecule has 0 saturated heterocycles. The summed E-state index contributed by atoms with van der Waals surface area (Å²) in [4.78, 5) is 0. The molecule has 0 N–H and O–H groups in total. The molecule has 0 spiro atoms. The van der Waals surface area contributed by atoms with E-state index < -0.39 is 0 Å². The highest BCUT2D eigenvalue weighted by molar-refractivity contribution is 7.27. The Balaban J connectivity index is 0.000000101. The van der Waals surface area contributed by atoms with Crippen LogP contribution in [-0.4, -0.2) is 0 Å². The fourth-order valence-electron chi connectivity index (χ4n) is 24.3. The van der Waals surface area contributed by atoms with Crippen molar-refractivity contribution in [2.75, 3.05) is 0 Å². The summed E-state index contributed by atoms with van der Waals surface area (Å²) >= 11 is 7.47. The van der Waals surface area contributed by atoms with E-state index in [-0.39, 0.29) is 0 Å². The molecule has 30 aromatic rings. The Bertz CT molecular complexity index is 10200. The van der Waals surface area contributed by atoms with Crippen LogP contribution in [0.25, 0.3) is 325 Å². The van der Waals surface area contributed by atoms with E-state index >= 15 is 0 Å². The molecule has 0 amide bonds. The minimum Gasteiger partial charge on any atom is -0.456 e. The zero-order valence-corrected chi connectivity index (χ0v) is 84.2. The number of para-hydroxylation sites is 3. The molecule has 0 unspecified atom stereocenters. The van der Waals surface area contributed by atoms with Crippen LogP contribution in [0.1, 0.15) is 0 Å². The van der Waals surface area contributed by atoms with Gasteiger partial charge in [0.1, 0.15) is 22.3 Å². The maximum atomic E-state index is 6.52. The number of rotatable bonds is 6. The van der Waals surface area contributed by atoms with Gasteiger partial charge in [-0.1, -0.05) is 376 Å². The number of furan rings is 2. The molecule has 0 radical (unpaired) electrons. The molecule has 0 atom stereocenters. The van der Waals surface area contributed by atoms with Crippen LogP contribution >= 0.6 is 45.3 Å². The van der Waals surface area contributed by atoms with Crippen molar-refractivity contribution in [1.29, 1.82) is 0 Å². The Labute approximate surface area is 881 Å². The van der Waals surface area contributed by atoms with Crippen molar-refractivity contribution in [2.45, 2.75) is 0 Å². The lowest BCUT2D eigenvalue weighted by atomic mass is 9.79. The fourth-order valence-corrected chi connectivity index (χ4v) is 28.6. The van der Waals surface area contributed by atoms with Gasteiger partial charge in [-0.3, -0.25) is 0 Å². The number of benzene rings is 24. The topological polar surface area (TPSA) is 26.3 Å². The van der Waals surface area contributed by atoms with Crippen LogP contribution in [0.3, 0.4) is 0 Å². The Morgan fingerprint density at radius 3 is 0.600 bits per heavy atom. The molecule has 0 bridgehead atoms. The van der Waals surface area contributed by atoms with Gasteiger partial charge in [0.15, 0.2) is 0 Å². The van der Waals surface area contributed by atoms with Crippen LogP contribution in [0.4, 0.5) is 0 Å². The molecule has 2 nitrogen and oxygen atoms in total. The average molecular weight is 1970 g/mol. The Morgan fingerprint density at radius 2 is 0.287 bits per heavy atom. The molecule has 150 heavy (non-hydrogen) atoms. The van der Waals surface area contributed by atoms with Crippen LogP contribution in [-0.2, 0) is 0 Å². The van der Waals surface area contributed by atoms with Crippen molar-refractivity contribution in [3.8, 4) is 200 Å². The van der Waals surface area contributed by atoms with E-state index in [0.29, 0.717) is 0 Å². The standard InChI is InChI=1S/2C48H28OS.C48H28S2/c1-2-12-35-33(10-1)34-11-3-4-13-36(34)42-26-29(30-22-25-47-44(27-30)40-15-6-8-19-46(40)50-47)20-23-38(42)43-28-31(21-24-37(35)43)32-16-9-17-41-39-14-5-7-18-45(39)49-48(32)41;1-2-11-35-33(9-1)34-10-3-4-12-36(34)41-25-30(32-20-24-48-44(28-32)40-14-6-8-16-47(40)50-48)18-22-38(41)42-26-29(17-21-37(35)42)31-19-23-46-43(27-31)39-13-5-7-15-45(39)49-46;1-2-11-35-33(9-1)34-10-3-4-12-36(34)41-25-30(32-20-24-48-44(28-32)40-14-6-8-16-46(40)50-48)18-22-38(41)42-26-29(17-21-37(35)42)31-19-23-47-43(27-31)39-13-5-7-15-45(39)49-47/h3*1-28H. The molecule has 24 aromatic carbocycles. The summed E-state index contributed by atoms with van der Waals surface area (Å²) in [5.74, 6) is 0. The van der Waals surface area contributed by atoms with Crippen LogP contribution in [0.5, 0.6) is 0 Å². The lowest BCUT2D eigenvalue weighted by molar-refractivity contribution is 0.669. The highest BCUT2D eigenvalue weighted by Crippen LogP contribution is 2.57. The second kappa shape index (κ2) is 34.7. The quantitative estimate of drug-likeness (QED) is 0.166. The smallest absolute Gasteiger partial charge is 0.143 e. The number of fused-ring (bicyclic) bond motifs is 42. The van der Waals surface area contributed by atoms with Crippen molar-refractivity contribution in [3.63, 3.8) is 0 Å². The third-order valence-electron chi connectivity index (χ3n) is 31.4. The SMILES string of the molecule is c1ccc2c(c1)-c1ccccc1-c1cc(-c3ccc4sc5ccccc5c4c3)ccc1-c1cc(-c3ccc4oc5ccccc5c4c3)ccc1-2.c1ccc2c(c1)-c1ccccc1-c1cc(-c3ccc4sc5ccccc5c4c3)ccc1-c1cc(-c3ccc4sc5ccccc5c4c3)ccc1-2.c1ccc2c(c1)-c1ccccc1-c1cc(-c3ccc4sc5ccccc5c4c3)ccc1-c1cc(-c3cccc4c3oc3ccccc34)ccc1-2. The first kappa shape index (κ1) is 86.1. The van der Waals surface area contributed by atoms with E-state index in [0.717, 1.165) is 55.0 Å². The van der Waals surface area contributed by atoms with Crippen LogP contribution in [0.15, 0.2) is 518 Å². The van der Waals surface area contributed by atoms with E-state index in [1.54, 1.807) is 0 Å². The van der Waals surface area contributed by atoms with E-state index in [9.17, 15) is 0 Å². The zero-order valence-electron chi connectivity index (χ0n) is 80.9. The average Bonchev–Trinajstić information content (AvgIpc) is 0.792. The van der Waals surface area contributed by atoms with E-state index in [4.69, 9.17) is 8.83 Å². The van der Waals surface area contributed by atoms with Gasteiger partial charge in [-0.05, 0) is 328 Å². The summed E-state index contributed by atoms with van der Waals surface area (Å²) in [5, 5.41) is 15.2. The molecule has 0 fully saturated rings. The van der Waals surface area contributed by atoms with Gasteiger partial charge >= 0.3 is 0 Å². The number of thiophene rings is 4. The van der Waals surface area contributed by atoms with Crippen molar-refractivity contribution < 1.29 is 8.83 Å². The summed E-state index contributed by atoms with van der Waals surface area (Å²) < 4.78 is 23.3. The Morgan fingerprint density at radius 1 is 0.100 bits per heavy atom. The molecule has 6 heterocycles. The predicted octanol–water partition coefficient (Wildman–Crippen LogP) is 43.3. The molecule has 0 saturated carbocycles. The van der Waals surface area contributed by atoms with Gasteiger partial charge in [0, 0.05) is 108 Å². The second-order valence-electron chi connectivity index (χ2n) is 39.7. The molecule has 0 aliphatic heterocycles. The molecule has 6 aromatic heterocycles. The van der Waals surface area contributed by atoms with E-state index in [1.807, 2.05) is 63.5 Å². The van der Waals surface area contributed by atoms with Gasteiger partial charge in [-0.2, -0.15) is 0 Å².